The first-order valence-electron chi connectivity index (χ1n) is 12.8. The van der Waals surface area contributed by atoms with Crippen LogP contribution in [0.3, 0.4) is 0 Å². The van der Waals surface area contributed by atoms with Gasteiger partial charge in [-0.1, -0.05) is 69.3 Å². The van der Waals surface area contributed by atoms with Gasteiger partial charge >= 0.3 is 5.97 Å². The van der Waals surface area contributed by atoms with E-state index in [1.165, 1.54) is 0 Å². The van der Waals surface area contributed by atoms with Crippen molar-refractivity contribution < 1.29 is 18.8 Å². The van der Waals surface area contributed by atoms with Crippen molar-refractivity contribution >= 4 is 40.1 Å². The van der Waals surface area contributed by atoms with E-state index < -0.39 is 11.2 Å². The molecule has 7 heteroatoms. The van der Waals surface area contributed by atoms with Gasteiger partial charge in [0.2, 0.25) is 0 Å². The number of hydrogen-bond acceptors (Lipinski definition) is 5. The number of anilines is 2. The molecule has 0 saturated carbocycles. The molecule has 0 aliphatic carbocycles. The zero-order chi connectivity index (χ0) is 25.3. The summed E-state index contributed by atoms with van der Waals surface area (Å²) in [5.74, 6) is 0.757. The smallest absolute Gasteiger partial charge is 0.309 e. The van der Waals surface area contributed by atoms with Gasteiger partial charge in [-0.3, -0.25) is 4.79 Å². The van der Waals surface area contributed by atoms with Gasteiger partial charge in [-0.05, 0) is 49.1 Å². The summed E-state index contributed by atoms with van der Waals surface area (Å²) in [6, 6.07) is 14.0. The van der Waals surface area contributed by atoms with Gasteiger partial charge in [-0.25, -0.2) is 0 Å². The molecule has 3 rings (SSSR count). The molecular formula is C28H38ClNO4S. The summed E-state index contributed by atoms with van der Waals surface area (Å²) in [6.07, 6.45) is 6.68. The van der Waals surface area contributed by atoms with Crippen molar-refractivity contribution in [3.05, 3.63) is 47.5 Å². The molecule has 0 amide bonds. The normalized spacial score (nSPS) is 16.9. The highest BCUT2D eigenvalue weighted by atomic mass is 35.5. The molecule has 0 spiro atoms. The average Bonchev–Trinajstić information content (AvgIpc) is 2.97. The molecule has 1 unspecified atom stereocenters. The number of unbranched alkanes of at least 4 members (excludes halogenated alkanes) is 2. The van der Waals surface area contributed by atoms with Gasteiger partial charge in [-0.15, -0.1) is 0 Å². The van der Waals surface area contributed by atoms with Crippen molar-refractivity contribution in [3.63, 3.8) is 0 Å². The molecule has 0 N–H and O–H groups in total. The Balaban J connectivity index is 1.99. The topological polar surface area (TPSA) is 61.8 Å². The minimum absolute atomic E-state index is 0.0524. The largest absolute Gasteiger partial charge is 0.611 e. The lowest BCUT2D eigenvalue weighted by Gasteiger charge is -2.36. The van der Waals surface area contributed by atoms with Gasteiger partial charge in [0.15, 0.2) is 4.90 Å². The van der Waals surface area contributed by atoms with Gasteiger partial charge in [0.1, 0.15) is 11.5 Å². The third-order valence-corrected chi connectivity index (χ3v) is 8.53. The zero-order valence-corrected chi connectivity index (χ0v) is 22.8. The fraction of sp³-hybridized carbons (Fsp3) is 0.536. The molecular weight excluding hydrogens is 482 g/mol. The Hall–Kier alpha value is -1.89. The number of esters is 1. The summed E-state index contributed by atoms with van der Waals surface area (Å²) in [5.41, 5.74) is 1.88. The first-order valence-corrected chi connectivity index (χ1v) is 14.5. The van der Waals surface area contributed by atoms with Gasteiger partial charge in [0.05, 0.1) is 30.3 Å². The number of carbonyl (C=O) groups excluding carboxylic acids is 1. The maximum Gasteiger partial charge on any atom is 0.309 e. The highest BCUT2D eigenvalue weighted by Crippen LogP contribution is 2.47. The number of halogens is 1. The van der Waals surface area contributed by atoms with Gasteiger partial charge in [-0.2, -0.15) is 0 Å². The molecule has 35 heavy (non-hydrogen) atoms. The quantitative estimate of drug-likeness (QED) is 0.217. The maximum atomic E-state index is 13.9. The van der Waals surface area contributed by atoms with Crippen LogP contribution in [0.2, 0.25) is 5.02 Å². The fourth-order valence-electron chi connectivity index (χ4n) is 4.70. The van der Waals surface area contributed by atoms with E-state index in [-0.39, 0.29) is 24.4 Å². The van der Waals surface area contributed by atoms with E-state index in [9.17, 15) is 9.35 Å². The molecule has 1 aliphatic heterocycles. The van der Waals surface area contributed by atoms with Crippen LogP contribution in [0.1, 0.15) is 65.7 Å². The van der Waals surface area contributed by atoms with E-state index in [0.29, 0.717) is 23.1 Å². The van der Waals surface area contributed by atoms with Crippen LogP contribution >= 0.6 is 11.6 Å². The minimum atomic E-state index is -1.21. The molecule has 0 bridgehead atoms. The Labute approximate surface area is 218 Å². The van der Waals surface area contributed by atoms with E-state index in [2.05, 4.69) is 30.9 Å². The van der Waals surface area contributed by atoms with Gasteiger partial charge in [0.25, 0.3) is 0 Å². The minimum Gasteiger partial charge on any atom is -0.611 e. The van der Waals surface area contributed by atoms with Crippen molar-refractivity contribution in [1.29, 1.82) is 0 Å². The lowest BCUT2D eigenvalue weighted by Crippen LogP contribution is -2.38. The molecule has 1 atom stereocenters. The molecule has 2 aromatic carbocycles. The van der Waals surface area contributed by atoms with Crippen LogP contribution in [0.25, 0.3) is 0 Å². The predicted molar refractivity (Wildman–Crippen MR) is 144 cm³/mol. The van der Waals surface area contributed by atoms with Crippen LogP contribution in [0, 0.1) is 5.41 Å². The Kier molecular flexibility index (Phi) is 10.6. The molecule has 0 saturated heterocycles. The lowest BCUT2D eigenvalue weighted by atomic mass is 9.79. The number of rotatable bonds is 12. The second-order valence-corrected chi connectivity index (χ2v) is 11.1. The van der Waals surface area contributed by atoms with Crippen LogP contribution in [-0.2, 0) is 20.7 Å². The van der Waals surface area contributed by atoms with Crippen molar-refractivity contribution in [3.8, 4) is 5.75 Å². The number of benzene rings is 2. The van der Waals surface area contributed by atoms with Crippen molar-refractivity contribution in [2.45, 2.75) is 70.6 Å². The van der Waals surface area contributed by atoms with Gasteiger partial charge in [0, 0.05) is 23.7 Å². The Morgan fingerprint density at radius 1 is 1.11 bits per heavy atom. The summed E-state index contributed by atoms with van der Waals surface area (Å²) in [7, 11) is 0. The van der Waals surface area contributed by atoms with Crippen LogP contribution in [0.5, 0.6) is 5.75 Å². The van der Waals surface area contributed by atoms with E-state index in [1.54, 1.807) is 6.92 Å². The van der Waals surface area contributed by atoms with Crippen LogP contribution in [0.4, 0.5) is 11.4 Å². The molecule has 1 aliphatic rings. The molecule has 192 valence electrons. The van der Waals surface area contributed by atoms with Crippen molar-refractivity contribution in [2.24, 2.45) is 5.41 Å². The summed E-state index contributed by atoms with van der Waals surface area (Å²) in [4.78, 5) is 14.7. The molecule has 0 fully saturated rings. The summed E-state index contributed by atoms with van der Waals surface area (Å²) in [5, 5.41) is 0.445. The number of carbonyl (C=O) groups is 1. The number of para-hydroxylation sites is 1. The fourth-order valence-corrected chi connectivity index (χ4v) is 6.64. The van der Waals surface area contributed by atoms with E-state index in [1.807, 2.05) is 30.3 Å². The molecule has 0 radical (unpaired) electrons. The second-order valence-electron chi connectivity index (χ2n) is 9.27. The highest BCUT2D eigenvalue weighted by molar-refractivity contribution is 7.91. The van der Waals surface area contributed by atoms with Crippen molar-refractivity contribution in [2.75, 3.05) is 30.4 Å². The van der Waals surface area contributed by atoms with Crippen LogP contribution in [-0.4, -0.2) is 36.0 Å². The standard InChI is InChI=1S/C28H38ClNO4S/c1-4-7-15-28(16-8-5-2)20-30(22-12-10-9-11-13-22)24-18-23(29)25(19-26(24)35(32)21-28)34-17-14-27(31)33-6-3/h9-13,18-19H,4-8,14-17,20-21H2,1-3H3. The van der Waals surface area contributed by atoms with Crippen LogP contribution < -0.4 is 9.64 Å². The van der Waals surface area contributed by atoms with E-state index >= 15 is 0 Å². The molecule has 2 aromatic rings. The average molecular weight is 520 g/mol. The molecule has 1 heterocycles. The summed E-state index contributed by atoms with van der Waals surface area (Å²) < 4.78 is 24.7. The third kappa shape index (κ3) is 7.31. The van der Waals surface area contributed by atoms with E-state index in [4.69, 9.17) is 21.1 Å². The van der Waals surface area contributed by atoms with Crippen LogP contribution in [0.15, 0.2) is 47.4 Å². The van der Waals surface area contributed by atoms with Gasteiger partial charge < -0.3 is 18.9 Å². The van der Waals surface area contributed by atoms with E-state index in [0.717, 1.165) is 61.3 Å². The first-order chi connectivity index (χ1) is 16.9. The summed E-state index contributed by atoms with van der Waals surface area (Å²) in [6.45, 7) is 7.50. The number of nitrogens with zero attached hydrogens (tertiary/aromatic N) is 1. The second kappa shape index (κ2) is 13.4. The number of fused-ring (bicyclic) bond motifs is 1. The maximum absolute atomic E-state index is 13.9. The summed E-state index contributed by atoms with van der Waals surface area (Å²) >= 11 is 5.45. The SMILES string of the molecule is CCCCC1(CCCC)CN(c2ccccc2)c2cc(Cl)c(OCCC(=O)OCC)cc2[S+]([O-])C1. The first kappa shape index (κ1) is 27.7. The van der Waals surface area contributed by atoms with Crippen molar-refractivity contribution in [1.82, 2.24) is 0 Å². The Bertz CT molecular complexity index is 947. The third-order valence-electron chi connectivity index (χ3n) is 6.54. The number of ether oxygens (including phenoxy) is 2. The monoisotopic (exact) mass is 519 g/mol. The lowest BCUT2D eigenvalue weighted by molar-refractivity contribution is -0.143. The Morgan fingerprint density at radius 3 is 2.43 bits per heavy atom. The number of hydrogen-bond donors (Lipinski definition) is 0. The highest BCUT2D eigenvalue weighted by Gasteiger charge is 2.42. The molecule has 5 nitrogen and oxygen atoms in total. The molecule has 0 aromatic heterocycles. The Morgan fingerprint density at radius 2 is 1.80 bits per heavy atom. The predicted octanol–water partition coefficient (Wildman–Crippen LogP) is 7.30. The zero-order valence-electron chi connectivity index (χ0n) is 21.2.